The Bertz CT molecular complexity index is 451. The summed E-state index contributed by atoms with van der Waals surface area (Å²) in [5.74, 6) is 5.38. The Morgan fingerprint density at radius 1 is 1.20 bits per heavy atom. The molecule has 0 aromatic carbocycles. The van der Waals surface area contributed by atoms with Gasteiger partial charge in [-0.15, -0.1) is 0 Å². The first-order valence-electron chi connectivity index (χ1n) is 11.1. The Kier molecular flexibility index (Phi) is 6.54. The first kappa shape index (κ1) is 21.0. The van der Waals surface area contributed by atoms with Gasteiger partial charge < -0.3 is 0 Å². The van der Waals surface area contributed by atoms with Crippen LogP contribution in [0.1, 0.15) is 100 Å². The van der Waals surface area contributed by atoms with Gasteiger partial charge in [-0.05, 0) is 91.8 Å². The molecule has 2 aliphatic carbocycles. The third-order valence-electron chi connectivity index (χ3n) is 8.26. The summed E-state index contributed by atoms with van der Waals surface area (Å²) in [5.41, 5.74) is 2.43. The molecule has 2 aliphatic rings. The molecule has 2 rings (SSSR count). The first-order valence-corrected chi connectivity index (χ1v) is 11.1. The normalized spacial score (nSPS) is 35.0. The van der Waals surface area contributed by atoms with Crippen molar-refractivity contribution < 1.29 is 0 Å². The molecule has 0 nitrogen and oxygen atoms in total. The van der Waals surface area contributed by atoms with Crippen molar-refractivity contribution in [3.05, 3.63) is 12.2 Å². The number of hydrogen-bond acceptors (Lipinski definition) is 0. The summed E-state index contributed by atoms with van der Waals surface area (Å²) < 4.78 is 0. The lowest BCUT2D eigenvalue weighted by Gasteiger charge is -2.39. The maximum absolute atomic E-state index is 4.39. The molecule has 2 fully saturated rings. The monoisotopic (exact) mass is 346 g/mol. The molecule has 0 amide bonds. The average Bonchev–Trinajstić information content (AvgIpc) is 3.12. The van der Waals surface area contributed by atoms with E-state index in [2.05, 4.69) is 62.0 Å². The molecule has 0 radical (unpaired) electrons. The van der Waals surface area contributed by atoms with Crippen LogP contribution >= 0.6 is 0 Å². The molecule has 0 aliphatic heterocycles. The molecule has 0 saturated heterocycles. The van der Waals surface area contributed by atoms with Gasteiger partial charge in [-0.25, -0.2) is 0 Å². The van der Waals surface area contributed by atoms with Gasteiger partial charge in [-0.1, -0.05) is 67.0 Å². The second kappa shape index (κ2) is 7.77. The molecule has 0 heteroatoms. The van der Waals surface area contributed by atoms with Crippen molar-refractivity contribution >= 4 is 0 Å². The maximum Gasteiger partial charge on any atom is -0.0175 e. The van der Waals surface area contributed by atoms with E-state index in [-0.39, 0.29) is 0 Å². The average molecular weight is 347 g/mol. The smallest absolute Gasteiger partial charge is 0.0175 e. The Hall–Kier alpha value is -0.260. The summed E-state index contributed by atoms with van der Waals surface area (Å²) in [6.07, 6.45) is 10.0. The van der Waals surface area contributed by atoms with E-state index in [0.29, 0.717) is 10.8 Å². The summed E-state index contributed by atoms with van der Waals surface area (Å²) in [5, 5.41) is 0. The molecule has 6 unspecified atom stereocenters. The molecule has 0 spiro atoms. The van der Waals surface area contributed by atoms with Gasteiger partial charge >= 0.3 is 0 Å². The van der Waals surface area contributed by atoms with E-state index >= 15 is 0 Å². The lowest BCUT2D eigenvalue weighted by atomic mass is 9.66. The van der Waals surface area contributed by atoms with E-state index < -0.39 is 0 Å². The minimum atomic E-state index is 0.438. The van der Waals surface area contributed by atoms with Crippen LogP contribution in [-0.2, 0) is 0 Å². The molecular formula is C25H46. The van der Waals surface area contributed by atoms with Gasteiger partial charge in [0.1, 0.15) is 0 Å². The van der Waals surface area contributed by atoms with Crippen LogP contribution in [0.5, 0.6) is 0 Å². The second-order valence-electron chi connectivity index (χ2n) is 11.6. The highest BCUT2D eigenvalue weighted by Crippen LogP contribution is 2.56. The molecule has 2 saturated carbocycles. The van der Waals surface area contributed by atoms with Crippen LogP contribution in [0.3, 0.4) is 0 Å². The van der Waals surface area contributed by atoms with Crippen molar-refractivity contribution in [3.63, 3.8) is 0 Å². The zero-order valence-corrected chi connectivity index (χ0v) is 18.6. The summed E-state index contributed by atoms with van der Waals surface area (Å²) in [4.78, 5) is 0. The van der Waals surface area contributed by atoms with Crippen LogP contribution in [0.2, 0.25) is 0 Å². The van der Waals surface area contributed by atoms with E-state index in [4.69, 9.17) is 0 Å². The van der Waals surface area contributed by atoms with E-state index in [1.807, 2.05) is 0 Å². The van der Waals surface area contributed by atoms with Crippen molar-refractivity contribution in [2.75, 3.05) is 0 Å². The fourth-order valence-electron chi connectivity index (χ4n) is 5.43. The third-order valence-corrected chi connectivity index (χ3v) is 8.26. The fraction of sp³-hybridized carbons (Fsp3) is 0.920. The van der Waals surface area contributed by atoms with Gasteiger partial charge in [0.15, 0.2) is 0 Å². The van der Waals surface area contributed by atoms with Crippen molar-refractivity contribution in [2.24, 2.45) is 46.3 Å². The summed E-state index contributed by atoms with van der Waals surface area (Å²) in [6, 6.07) is 0. The standard InChI is InChI=1S/C25H46/c1-17(2)10-11-20-15-23(20)22(18(3)4)14-19(5)21-12-13-25(9,16-21)24(6,7)8/h17,19-23H,3,10-16H2,1-2,4-9H3. The Labute approximate surface area is 159 Å². The second-order valence-corrected chi connectivity index (χ2v) is 11.6. The summed E-state index contributed by atoms with van der Waals surface area (Å²) in [7, 11) is 0. The fourth-order valence-corrected chi connectivity index (χ4v) is 5.43. The molecule has 0 bridgehead atoms. The molecule has 0 aromatic heterocycles. The highest BCUT2D eigenvalue weighted by molar-refractivity contribution is 5.07. The van der Waals surface area contributed by atoms with Gasteiger partial charge in [-0.2, -0.15) is 0 Å². The SMILES string of the molecule is C=C(C)C(CC(C)C1CCC(C)(C(C)(C)C)C1)C1CC1CCC(C)C. The van der Waals surface area contributed by atoms with E-state index in [9.17, 15) is 0 Å². The Balaban J connectivity index is 1.90. The van der Waals surface area contributed by atoms with Crippen LogP contribution in [0, 0.1) is 46.3 Å². The maximum atomic E-state index is 4.39. The highest BCUT2D eigenvalue weighted by atomic mass is 14.5. The van der Waals surface area contributed by atoms with Crippen molar-refractivity contribution in [2.45, 2.75) is 100 Å². The number of rotatable bonds is 8. The van der Waals surface area contributed by atoms with E-state index in [1.165, 1.54) is 50.5 Å². The predicted octanol–water partition coefficient (Wildman–Crippen LogP) is 8.13. The van der Waals surface area contributed by atoms with Gasteiger partial charge in [-0.3, -0.25) is 0 Å². The lowest BCUT2D eigenvalue weighted by molar-refractivity contribution is 0.105. The van der Waals surface area contributed by atoms with Crippen molar-refractivity contribution in [1.82, 2.24) is 0 Å². The lowest BCUT2D eigenvalue weighted by Crippen LogP contribution is -2.30. The Morgan fingerprint density at radius 3 is 2.32 bits per heavy atom. The van der Waals surface area contributed by atoms with Crippen LogP contribution < -0.4 is 0 Å². The highest BCUT2D eigenvalue weighted by Gasteiger charge is 2.47. The first-order chi connectivity index (χ1) is 11.4. The summed E-state index contributed by atoms with van der Waals surface area (Å²) in [6.45, 7) is 23.8. The van der Waals surface area contributed by atoms with Crippen molar-refractivity contribution in [1.29, 1.82) is 0 Å². The van der Waals surface area contributed by atoms with Gasteiger partial charge in [0.25, 0.3) is 0 Å². The zero-order valence-electron chi connectivity index (χ0n) is 18.6. The predicted molar refractivity (Wildman–Crippen MR) is 113 cm³/mol. The number of allylic oxidation sites excluding steroid dienone is 1. The topological polar surface area (TPSA) is 0 Å². The van der Waals surface area contributed by atoms with Gasteiger partial charge in [0, 0.05) is 0 Å². The Morgan fingerprint density at radius 2 is 1.84 bits per heavy atom. The molecule has 146 valence electrons. The minimum absolute atomic E-state index is 0.438. The van der Waals surface area contributed by atoms with Crippen LogP contribution in [0.4, 0.5) is 0 Å². The minimum Gasteiger partial charge on any atom is -0.0999 e. The van der Waals surface area contributed by atoms with Crippen LogP contribution in [0.25, 0.3) is 0 Å². The van der Waals surface area contributed by atoms with Crippen LogP contribution in [-0.4, -0.2) is 0 Å². The molecular weight excluding hydrogens is 300 g/mol. The van der Waals surface area contributed by atoms with E-state index in [1.54, 1.807) is 0 Å². The molecule has 0 heterocycles. The quantitative estimate of drug-likeness (QED) is 0.389. The van der Waals surface area contributed by atoms with Gasteiger partial charge in [0.05, 0.1) is 0 Å². The number of hydrogen-bond donors (Lipinski definition) is 0. The third kappa shape index (κ3) is 5.14. The molecule has 25 heavy (non-hydrogen) atoms. The molecule has 0 N–H and O–H groups in total. The van der Waals surface area contributed by atoms with Crippen LogP contribution in [0.15, 0.2) is 12.2 Å². The van der Waals surface area contributed by atoms with Crippen molar-refractivity contribution in [3.8, 4) is 0 Å². The largest absolute Gasteiger partial charge is 0.0999 e. The zero-order chi connectivity index (χ0) is 19.0. The summed E-state index contributed by atoms with van der Waals surface area (Å²) >= 11 is 0. The molecule has 0 aromatic rings. The molecule has 6 atom stereocenters. The van der Waals surface area contributed by atoms with Gasteiger partial charge in [0.2, 0.25) is 0 Å². The van der Waals surface area contributed by atoms with E-state index in [0.717, 1.165) is 35.5 Å².